The van der Waals surface area contributed by atoms with Crippen LogP contribution >= 0.6 is 0 Å². The molecule has 1 aromatic rings. The van der Waals surface area contributed by atoms with E-state index in [1.54, 1.807) is 0 Å². The number of nitrogens with zero attached hydrogens (tertiary/aromatic N) is 1. The van der Waals surface area contributed by atoms with Gasteiger partial charge in [0.25, 0.3) is 0 Å². The largest absolute Gasteiger partial charge is 0.388 e. The lowest BCUT2D eigenvalue weighted by atomic mass is 9.61. The molecule has 3 rings (SSSR count). The molecule has 0 amide bonds. The fourth-order valence-electron chi connectivity index (χ4n) is 3.99. The van der Waals surface area contributed by atoms with Gasteiger partial charge in [-0.25, -0.2) is 0 Å². The zero-order valence-electron chi connectivity index (χ0n) is 12.4. The van der Waals surface area contributed by atoms with E-state index in [0.717, 1.165) is 25.7 Å². The lowest BCUT2D eigenvalue weighted by molar-refractivity contribution is -0.137. The van der Waals surface area contributed by atoms with Crippen LogP contribution in [0.3, 0.4) is 0 Å². The summed E-state index contributed by atoms with van der Waals surface area (Å²) in [5, 5.41) is 20.8. The third-order valence-electron chi connectivity index (χ3n) is 5.43. The number of rotatable bonds is 2. The summed E-state index contributed by atoms with van der Waals surface area (Å²) in [5.74, 6) is 0.506. The van der Waals surface area contributed by atoms with Crippen LogP contribution in [0.15, 0.2) is 30.3 Å². The zero-order chi connectivity index (χ0) is 14.8. The van der Waals surface area contributed by atoms with Gasteiger partial charge >= 0.3 is 0 Å². The predicted octanol–water partition coefficient (Wildman–Crippen LogP) is 3.40. The van der Waals surface area contributed by atoms with Crippen LogP contribution in [0.5, 0.6) is 0 Å². The topological polar surface area (TPSA) is 53.2 Å². The van der Waals surface area contributed by atoms with Gasteiger partial charge in [-0.3, -0.25) is 0 Å². The molecule has 3 nitrogen and oxygen atoms in total. The van der Waals surface area contributed by atoms with Crippen molar-refractivity contribution in [3.63, 3.8) is 0 Å². The number of benzene rings is 1. The summed E-state index contributed by atoms with van der Waals surface area (Å²) in [5.41, 5.74) is -0.231. The van der Waals surface area contributed by atoms with E-state index in [2.05, 4.69) is 30.3 Å². The van der Waals surface area contributed by atoms with Gasteiger partial charge in [-0.2, -0.15) is 5.26 Å². The van der Waals surface area contributed by atoms with E-state index >= 15 is 0 Å². The molecule has 112 valence electrons. The minimum absolute atomic E-state index is 0.385. The number of aliphatic hydroxyl groups is 1. The lowest BCUT2D eigenvalue weighted by Gasteiger charge is -2.48. The quantitative estimate of drug-likeness (QED) is 0.906. The molecular formula is C18H23NO2. The molecule has 0 aromatic heterocycles. The average Bonchev–Trinajstić information content (AvgIpc) is 2.57. The van der Waals surface area contributed by atoms with Crippen LogP contribution in [0.4, 0.5) is 0 Å². The molecular weight excluding hydrogens is 262 g/mol. The second-order valence-electron chi connectivity index (χ2n) is 6.57. The first-order valence-electron chi connectivity index (χ1n) is 7.95. The third-order valence-corrected chi connectivity index (χ3v) is 5.43. The molecule has 1 saturated carbocycles. The Labute approximate surface area is 126 Å². The summed E-state index contributed by atoms with van der Waals surface area (Å²) >= 11 is 0. The second-order valence-corrected chi connectivity index (χ2v) is 6.57. The van der Waals surface area contributed by atoms with Crippen molar-refractivity contribution in [3.05, 3.63) is 35.9 Å². The summed E-state index contributed by atoms with van der Waals surface area (Å²) in [7, 11) is 0. The van der Waals surface area contributed by atoms with Crippen LogP contribution in [0.2, 0.25) is 0 Å². The third kappa shape index (κ3) is 2.59. The van der Waals surface area contributed by atoms with Crippen molar-refractivity contribution in [1.82, 2.24) is 0 Å². The van der Waals surface area contributed by atoms with E-state index in [1.165, 1.54) is 5.56 Å². The molecule has 0 spiro atoms. The van der Waals surface area contributed by atoms with Gasteiger partial charge in [0, 0.05) is 6.61 Å². The highest BCUT2D eigenvalue weighted by Crippen LogP contribution is 2.49. The van der Waals surface area contributed by atoms with E-state index in [0.29, 0.717) is 32.0 Å². The molecule has 0 bridgehead atoms. The van der Waals surface area contributed by atoms with E-state index in [-0.39, 0.29) is 0 Å². The maximum absolute atomic E-state index is 11.1. The van der Waals surface area contributed by atoms with Crippen molar-refractivity contribution in [1.29, 1.82) is 5.26 Å². The molecule has 1 aliphatic heterocycles. The molecule has 1 saturated heterocycles. The predicted molar refractivity (Wildman–Crippen MR) is 80.7 cm³/mol. The first-order chi connectivity index (χ1) is 10.2. The Morgan fingerprint density at radius 1 is 1.14 bits per heavy atom. The van der Waals surface area contributed by atoms with Crippen molar-refractivity contribution in [2.24, 2.45) is 5.41 Å². The van der Waals surface area contributed by atoms with Crippen molar-refractivity contribution < 1.29 is 9.84 Å². The Balaban J connectivity index is 1.73. The monoisotopic (exact) mass is 285 g/mol. The normalized spacial score (nSPS) is 36.9. The zero-order valence-corrected chi connectivity index (χ0v) is 12.4. The minimum atomic E-state index is -0.881. The standard InChI is InChI=1S/C18H23NO2/c19-13-17(9-4-12-21-14-17)18(20)10-7-16(8-11-18)15-5-2-1-3-6-15/h1-3,5-6,16,20H,4,7-12,14H2. The van der Waals surface area contributed by atoms with Gasteiger partial charge in [0.15, 0.2) is 0 Å². The molecule has 1 heterocycles. The SMILES string of the molecule is N#CC1(C2(O)CCC(c3ccccc3)CC2)CCCOC1. The molecule has 1 aromatic carbocycles. The molecule has 2 aliphatic rings. The maximum Gasteiger partial charge on any atom is 0.109 e. The Hall–Kier alpha value is -1.37. The van der Waals surface area contributed by atoms with Gasteiger partial charge in [-0.05, 0) is 50.0 Å². The van der Waals surface area contributed by atoms with Gasteiger partial charge < -0.3 is 9.84 Å². The summed E-state index contributed by atoms with van der Waals surface area (Å²) in [6.45, 7) is 1.10. The van der Waals surface area contributed by atoms with E-state index < -0.39 is 11.0 Å². The second kappa shape index (κ2) is 5.79. The Morgan fingerprint density at radius 2 is 1.86 bits per heavy atom. The highest BCUT2D eigenvalue weighted by Gasteiger charge is 2.53. The fraction of sp³-hybridized carbons (Fsp3) is 0.611. The minimum Gasteiger partial charge on any atom is -0.388 e. The fourth-order valence-corrected chi connectivity index (χ4v) is 3.99. The summed E-state index contributed by atoms with van der Waals surface area (Å²) < 4.78 is 5.52. The molecule has 3 heteroatoms. The summed E-state index contributed by atoms with van der Waals surface area (Å²) in [6.07, 6.45) is 4.93. The molecule has 2 fully saturated rings. The van der Waals surface area contributed by atoms with Gasteiger partial charge in [0.1, 0.15) is 5.41 Å². The molecule has 21 heavy (non-hydrogen) atoms. The summed E-state index contributed by atoms with van der Waals surface area (Å²) in [4.78, 5) is 0. The van der Waals surface area contributed by atoms with Gasteiger partial charge in [-0.1, -0.05) is 30.3 Å². The first kappa shape index (κ1) is 14.6. The molecule has 1 aliphatic carbocycles. The number of ether oxygens (including phenoxy) is 1. The average molecular weight is 285 g/mol. The van der Waals surface area contributed by atoms with E-state index in [1.807, 2.05) is 6.07 Å². The highest BCUT2D eigenvalue weighted by atomic mass is 16.5. The smallest absolute Gasteiger partial charge is 0.109 e. The van der Waals surface area contributed by atoms with Crippen molar-refractivity contribution in [2.45, 2.75) is 50.0 Å². The number of nitriles is 1. The van der Waals surface area contributed by atoms with Crippen molar-refractivity contribution in [2.75, 3.05) is 13.2 Å². The highest BCUT2D eigenvalue weighted by molar-refractivity contribution is 5.22. The van der Waals surface area contributed by atoms with Crippen LogP contribution in [-0.2, 0) is 4.74 Å². The molecule has 1 atom stereocenters. The van der Waals surface area contributed by atoms with E-state index in [4.69, 9.17) is 4.74 Å². The van der Waals surface area contributed by atoms with Crippen LogP contribution in [0.1, 0.15) is 50.0 Å². The molecule has 1 N–H and O–H groups in total. The number of hydrogen-bond donors (Lipinski definition) is 1. The van der Waals surface area contributed by atoms with Crippen LogP contribution < -0.4 is 0 Å². The van der Waals surface area contributed by atoms with Crippen LogP contribution in [-0.4, -0.2) is 23.9 Å². The van der Waals surface area contributed by atoms with Crippen LogP contribution in [0, 0.1) is 16.7 Å². The first-order valence-corrected chi connectivity index (χ1v) is 7.95. The molecule has 1 unspecified atom stereocenters. The Bertz CT molecular complexity index is 506. The van der Waals surface area contributed by atoms with E-state index in [9.17, 15) is 10.4 Å². The van der Waals surface area contributed by atoms with Crippen molar-refractivity contribution in [3.8, 4) is 6.07 Å². The summed E-state index contributed by atoms with van der Waals surface area (Å²) in [6, 6.07) is 12.9. The number of hydrogen-bond acceptors (Lipinski definition) is 3. The van der Waals surface area contributed by atoms with Gasteiger partial charge in [0.2, 0.25) is 0 Å². The van der Waals surface area contributed by atoms with Crippen LogP contribution in [0.25, 0.3) is 0 Å². The lowest BCUT2D eigenvalue weighted by Crippen LogP contribution is -2.53. The molecule has 0 radical (unpaired) electrons. The maximum atomic E-state index is 11.1. The van der Waals surface area contributed by atoms with Gasteiger partial charge in [0.05, 0.1) is 18.3 Å². The Kier molecular flexibility index (Phi) is 4.01. The van der Waals surface area contributed by atoms with Gasteiger partial charge in [-0.15, -0.1) is 0 Å². The van der Waals surface area contributed by atoms with Crippen molar-refractivity contribution >= 4 is 0 Å². The Morgan fingerprint density at radius 3 is 2.43 bits per heavy atom.